The summed E-state index contributed by atoms with van der Waals surface area (Å²) in [6.45, 7) is 4.94. The number of fused-ring (bicyclic) bond motifs is 5. The minimum absolute atomic E-state index is 0.0854. The van der Waals surface area contributed by atoms with Crippen LogP contribution in [0.1, 0.15) is 58.8 Å². The second-order valence-corrected chi connectivity index (χ2v) is 8.59. The number of hydrogen-bond acceptors (Lipinski definition) is 3. The van der Waals surface area contributed by atoms with Crippen LogP contribution in [0.15, 0.2) is 0 Å². The van der Waals surface area contributed by atoms with Crippen LogP contribution in [-0.2, 0) is 9.53 Å². The van der Waals surface area contributed by atoms with E-state index in [0.717, 1.165) is 25.7 Å². The Hall–Kier alpha value is -0.410. The minimum Gasteiger partial charge on any atom is -0.393 e. The smallest absolute Gasteiger partial charge is 0.166 e. The summed E-state index contributed by atoms with van der Waals surface area (Å²) in [7, 11) is 0. The van der Waals surface area contributed by atoms with Crippen LogP contribution in [0, 0.1) is 28.6 Å². The molecule has 0 radical (unpaired) electrons. The van der Waals surface area contributed by atoms with Gasteiger partial charge in [-0.2, -0.15) is 0 Å². The van der Waals surface area contributed by atoms with Crippen molar-refractivity contribution in [2.45, 2.75) is 71.0 Å². The molecule has 0 unspecified atom stereocenters. The molecule has 0 aromatic carbocycles. The van der Waals surface area contributed by atoms with Gasteiger partial charge in [0.2, 0.25) is 0 Å². The quantitative estimate of drug-likeness (QED) is 0.746. The fourth-order valence-corrected chi connectivity index (χ4v) is 6.33. The van der Waals surface area contributed by atoms with E-state index in [1.54, 1.807) is 0 Å². The molecule has 21 heavy (non-hydrogen) atoms. The van der Waals surface area contributed by atoms with E-state index in [1.165, 1.54) is 19.3 Å². The van der Waals surface area contributed by atoms with Crippen molar-refractivity contribution in [3.05, 3.63) is 0 Å². The lowest BCUT2D eigenvalue weighted by molar-refractivity contribution is -0.149. The molecule has 0 aromatic heterocycles. The van der Waals surface area contributed by atoms with E-state index in [4.69, 9.17) is 4.74 Å². The minimum atomic E-state index is -0.210. The molecule has 3 aliphatic carbocycles. The van der Waals surface area contributed by atoms with E-state index >= 15 is 0 Å². The van der Waals surface area contributed by atoms with Gasteiger partial charge >= 0.3 is 0 Å². The van der Waals surface area contributed by atoms with Crippen LogP contribution >= 0.6 is 0 Å². The zero-order valence-corrected chi connectivity index (χ0v) is 13.3. The summed E-state index contributed by atoms with van der Waals surface area (Å²) in [6.07, 6.45) is 7.74. The Morgan fingerprint density at radius 1 is 1.14 bits per heavy atom. The molecular weight excluding hydrogens is 264 g/mol. The molecule has 118 valence electrons. The maximum atomic E-state index is 12.3. The summed E-state index contributed by atoms with van der Waals surface area (Å²) in [5.74, 6) is 2.25. The molecule has 1 N–H and O–H groups in total. The number of Topliss-reactive ketones (excluding diaryl/α,β-unsaturated/α-hetero) is 1. The lowest BCUT2D eigenvalue weighted by Gasteiger charge is -2.59. The largest absolute Gasteiger partial charge is 0.393 e. The summed E-state index contributed by atoms with van der Waals surface area (Å²) in [5.41, 5.74) is 0.150. The number of hydrogen-bond donors (Lipinski definition) is 1. The lowest BCUT2D eigenvalue weighted by atomic mass is 9.46. The van der Waals surface area contributed by atoms with Crippen LogP contribution in [0.25, 0.3) is 0 Å². The number of aliphatic hydroxyl groups excluding tert-OH is 1. The second kappa shape index (κ2) is 4.55. The lowest BCUT2D eigenvalue weighted by Crippen LogP contribution is -2.56. The molecule has 3 nitrogen and oxygen atoms in total. The maximum absolute atomic E-state index is 12.3. The molecule has 0 spiro atoms. The first kappa shape index (κ1) is 14.2. The first-order valence-electron chi connectivity index (χ1n) is 8.78. The Kier molecular flexibility index (Phi) is 3.07. The molecule has 1 aliphatic heterocycles. The molecule has 4 fully saturated rings. The van der Waals surface area contributed by atoms with Crippen molar-refractivity contribution in [3.63, 3.8) is 0 Å². The van der Waals surface area contributed by atoms with Crippen LogP contribution in [0.4, 0.5) is 0 Å². The van der Waals surface area contributed by atoms with Crippen molar-refractivity contribution >= 4 is 5.78 Å². The zero-order chi connectivity index (χ0) is 14.8. The van der Waals surface area contributed by atoms with Crippen LogP contribution in [0.2, 0.25) is 0 Å². The molecule has 7 atom stereocenters. The topological polar surface area (TPSA) is 46.5 Å². The summed E-state index contributed by atoms with van der Waals surface area (Å²) in [5, 5.41) is 10.0. The average Bonchev–Trinajstić information content (AvgIpc) is 2.76. The third-order valence-electron chi connectivity index (χ3n) is 7.74. The van der Waals surface area contributed by atoms with Crippen molar-refractivity contribution in [2.24, 2.45) is 28.6 Å². The number of aliphatic hydroxyl groups is 1. The van der Waals surface area contributed by atoms with Crippen LogP contribution in [0.3, 0.4) is 0 Å². The molecule has 0 amide bonds. The predicted octanol–water partition coefficient (Wildman–Crippen LogP) is 2.95. The molecule has 0 bridgehead atoms. The Labute approximate surface area is 127 Å². The first-order chi connectivity index (χ1) is 9.95. The van der Waals surface area contributed by atoms with E-state index in [9.17, 15) is 9.90 Å². The summed E-state index contributed by atoms with van der Waals surface area (Å²) in [4.78, 5) is 12.3. The molecule has 0 aromatic rings. The molecule has 1 saturated heterocycles. The third kappa shape index (κ3) is 1.83. The average molecular weight is 292 g/mol. The highest BCUT2D eigenvalue weighted by molar-refractivity contribution is 5.88. The first-order valence-corrected chi connectivity index (χ1v) is 8.78. The Morgan fingerprint density at radius 3 is 2.76 bits per heavy atom. The van der Waals surface area contributed by atoms with Gasteiger partial charge in [-0.25, -0.2) is 0 Å². The Morgan fingerprint density at radius 2 is 1.95 bits per heavy atom. The van der Waals surface area contributed by atoms with Crippen molar-refractivity contribution in [3.8, 4) is 0 Å². The van der Waals surface area contributed by atoms with E-state index in [0.29, 0.717) is 35.6 Å². The van der Waals surface area contributed by atoms with Gasteiger partial charge in [-0.3, -0.25) is 4.79 Å². The monoisotopic (exact) mass is 292 g/mol. The van der Waals surface area contributed by atoms with Gasteiger partial charge in [0.1, 0.15) is 6.61 Å². The number of ketones is 1. The maximum Gasteiger partial charge on any atom is 0.166 e. The van der Waals surface area contributed by atoms with Gasteiger partial charge in [-0.1, -0.05) is 13.8 Å². The van der Waals surface area contributed by atoms with Gasteiger partial charge in [-0.05, 0) is 68.1 Å². The van der Waals surface area contributed by atoms with E-state index < -0.39 is 0 Å². The van der Waals surface area contributed by atoms with E-state index in [-0.39, 0.29) is 17.6 Å². The van der Waals surface area contributed by atoms with E-state index in [2.05, 4.69) is 13.8 Å². The summed E-state index contributed by atoms with van der Waals surface area (Å²) >= 11 is 0. The standard InChI is InChI=1S/C18H28O3/c1-17-7-5-12(19)9-11(17)3-4-13-14(17)6-8-18(2)15(20)10-21-16(13)18/h11-14,16,19H,3-10H2,1-2H3/t11-,12-,13+,14-,16-,17-,18+/m0/s1. The normalized spacial score (nSPS) is 56.5. The fraction of sp³-hybridized carbons (Fsp3) is 0.944. The van der Waals surface area contributed by atoms with Gasteiger partial charge in [0.15, 0.2) is 5.78 Å². The van der Waals surface area contributed by atoms with Crippen molar-refractivity contribution in [1.29, 1.82) is 0 Å². The number of carbonyl (C=O) groups is 1. The van der Waals surface area contributed by atoms with Gasteiger partial charge < -0.3 is 9.84 Å². The third-order valence-corrected chi connectivity index (χ3v) is 7.74. The highest BCUT2D eigenvalue weighted by Crippen LogP contribution is 2.62. The Bertz CT molecular complexity index is 461. The molecule has 1 heterocycles. The number of ether oxygens (including phenoxy) is 1. The fourth-order valence-electron chi connectivity index (χ4n) is 6.33. The van der Waals surface area contributed by atoms with Crippen molar-refractivity contribution < 1.29 is 14.6 Å². The zero-order valence-electron chi connectivity index (χ0n) is 13.3. The molecular formula is C18H28O3. The molecule has 4 rings (SSSR count). The molecule has 3 heteroatoms. The summed E-state index contributed by atoms with van der Waals surface area (Å²) in [6, 6.07) is 0. The SMILES string of the molecule is C[C@]12CC[C@H](O)C[C@@H]1CC[C@@H]1[C@@H]2CC[C@]2(C)C(=O)CO[C@@H]12. The van der Waals surface area contributed by atoms with Gasteiger partial charge in [0.05, 0.1) is 17.6 Å². The van der Waals surface area contributed by atoms with Gasteiger partial charge in [0, 0.05) is 0 Å². The van der Waals surface area contributed by atoms with Crippen molar-refractivity contribution in [2.75, 3.05) is 6.61 Å². The number of rotatable bonds is 0. The van der Waals surface area contributed by atoms with Crippen LogP contribution < -0.4 is 0 Å². The Balaban J connectivity index is 1.64. The van der Waals surface area contributed by atoms with E-state index in [1.807, 2.05) is 0 Å². The van der Waals surface area contributed by atoms with Gasteiger partial charge in [0.25, 0.3) is 0 Å². The highest BCUT2D eigenvalue weighted by atomic mass is 16.5. The predicted molar refractivity (Wildman–Crippen MR) is 79.8 cm³/mol. The molecule has 4 aliphatic rings. The van der Waals surface area contributed by atoms with Crippen LogP contribution in [0.5, 0.6) is 0 Å². The summed E-state index contributed by atoms with van der Waals surface area (Å²) < 4.78 is 5.99. The van der Waals surface area contributed by atoms with Gasteiger partial charge in [-0.15, -0.1) is 0 Å². The highest BCUT2D eigenvalue weighted by Gasteiger charge is 2.61. The second-order valence-electron chi connectivity index (χ2n) is 8.59. The van der Waals surface area contributed by atoms with Crippen molar-refractivity contribution in [1.82, 2.24) is 0 Å². The number of carbonyl (C=O) groups excluding carboxylic acids is 1. The molecule has 3 saturated carbocycles. The van der Waals surface area contributed by atoms with Crippen LogP contribution in [-0.4, -0.2) is 29.7 Å².